The van der Waals surface area contributed by atoms with Gasteiger partial charge in [0.25, 0.3) is 23.6 Å². The molecule has 0 aromatic rings. The van der Waals surface area contributed by atoms with E-state index in [0.717, 1.165) is 17.1 Å². The van der Waals surface area contributed by atoms with Gasteiger partial charge in [-0.1, -0.05) is 0 Å². The summed E-state index contributed by atoms with van der Waals surface area (Å²) in [4.78, 5) is 62.0. The molecule has 0 bridgehead atoms. The third kappa shape index (κ3) is 4.25. The van der Waals surface area contributed by atoms with Crippen LogP contribution in [-0.4, -0.2) is 66.0 Å². The molecule has 2 heterocycles. The van der Waals surface area contributed by atoms with Gasteiger partial charge in [0.05, 0.1) is 17.9 Å². The van der Waals surface area contributed by atoms with Crippen LogP contribution in [0.3, 0.4) is 0 Å². The lowest BCUT2D eigenvalue weighted by Gasteiger charge is -2.14. The SMILES string of the molecule is O=C(CCS(=O)(=O)CCN1C(=O)C=CC1=O)ON1C(=O)CCC1=O. The second kappa shape index (κ2) is 6.91. The highest BCUT2D eigenvalue weighted by molar-refractivity contribution is 7.91. The van der Waals surface area contributed by atoms with Crippen LogP contribution in [0.25, 0.3) is 0 Å². The molecule has 1 saturated heterocycles. The summed E-state index contributed by atoms with van der Waals surface area (Å²) in [7, 11) is -3.73. The number of imide groups is 2. The number of amides is 4. The topological polar surface area (TPSA) is 135 Å². The summed E-state index contributed by atoms with van der Waals surface area (Å²) in [5.74, 6) is -4.63. The molecule has 0 N–H and O–H groups in total. The number of hydrogen-bond donors (Lipinski definition) is 0. The summed E-state index contributed by atoms with van der Waals surface area (Å²) in [6.07, 6.45) is 1.40. The van der Waals surface area contributed by atoms with Crippen LogP contribution in [-0.2, 0) is 38.6 Å². The fourth-order valence-corrected chi connectivity index (χ4v) is 3.17. The molecular weight excluding hydrogens is 344 g/mol. The standard InChI is InChI=1S/C13H14N2O8S/c16-9-1-2-10(17)14(9)6-8-24(21,22)7-5-13(20)23-15-11(18)3-4-12(15)19/h1-2H,3-8H2. The number of sulfone groups is 1. The van der Waals surface area contributed by atoms with Crippen molar-refractivity contribution < 1.29 is 37.2 Å². The highest BCUT2D eigenvalue weighted by atomic mass is 32.2. The highest BCUT2D eigenvalue weighted by Gasteiger charge is 2.33. The second-order valence-electron chi connectivity index (χ2n) is 5.11. The van der Waals surface area contributed by atoms with Crippen LogP contribution in [0.4, 0.5) is 0 Å². The van der Waals surface area contributed by atoms with Gasteiger partial charge in [0.15, 0.2) is 9.84 Å². The zero-order chi connectivity index (χ0) is 17.9. The van der Waals surface area contributed by atoms with Gasteiger partial charge in [-0.3, -0.25) is 24.1 Å². The molecule has 130 valence electrons. The first-order valence-corrected chi connectivity index (χ1v) is 8.82. The predicted octanol–water partition coefficient (Wildman–Crippen LogP) is -1.68. The third-order valence-electron chi connectivity index (χ3n) is 3.34. The van der Waals surface area contributed by atoms with Crippen molar-refractivity contribution in [2.75, 3.05) is 18.1 Å². The fraction of sp³-hybridized carbons (Fsp3) is 0.462. The first-order valence-electron chi connectivity index (χ1n) is 7.00. The van der Waals surface area contributed by atoms with Gasteiger partial charge in [-0.2, -0.15) is 0 Å². The molecule has 24 heavy (non-hydrogen) atoms. The largest absolute Gasteiger partial charge is 0.334 e. The van der Waals surface area contributed by atoms with Crippen LogP contribution >= 0.6 is 0 Å². The van der Waals surface area contributed by atoms with Crippen molar-refractivity contribution in [1.82, 2.24) is 9.96 Å². The molecule has 10 nitrogen and oxygen atoms in total. The Labute approximate surface area is 136 Å². The van der Waals surface area contributed by atoms with Crippen LogP contribution in [0.1, 0.15) is 19.3 Å². The molecule has 2 aliphatic rings. The molecule has 0 unspecified atom stereocenters. The minimum absolute atomic E-state index is 0.0592. The lowest BCUT2D eigenvalue weighted by atomic mass is 10.4. The molecule has 0 spiro atoms. The van der Waals surface area contributed by atoms with E-state index in [1.165, 1.54) is 0 Å². The van der Waals surface area contributed by atoms with Crippen LogP contribution in [0.5, 0.6) is 0 Å². The molecule has 0 radical (unpaired) electrons. The van der Waals surface area contributed by atoms with E-state index < -0.39 is 57.4 Å². The number of hydroxylamine groups is 2. The van der Waals surface area contributed by atoms with Crippen molar-refractivity contribution in [3.05, 3.63) is 12.2 Å². The smallest absolute Gasteiger partial charge is 0.330 e. The molecule has 0 aliphatic carbocycles. The lowest BCUT2D eigenvalue weighted by Crippen LogP contribution is -2.35. The second-order valence-corrected chi connectivity index (χ2v) is 7.41. The van der Waals surface area contributed by atoms with Crippen molar-refractivity contribution in [2.45, 2.75) is 19.3 Å². The van der Waals surface area contributed by atoms with Gasteiger partial charge in [0.2, 0.25) is 0 Å². The van der Waals surface area contributed by atoms with E-state index in [9.17, 15) is 32.4 Å². The Morgan fingerprint density at radius 2 is 1.54 bits per heavy atom. The minimum atomic E-state index is -3.73. The first kappa shape index (κ1) is 17.8. The van der Waals surface area contributed by atoms with Gasteiger partial charge in [0.1, 0.15) is 0 Å². The minimum Gasteiger partial charge on any atom is -0.330 e. The van der Waals surface area contributed by atoms with Crippen LogP contribution in [0.2, 0.25) is 0 Å². The summed E-state index contributed by atoms with van der Waals surface area (Å²) in [6.45, 7) is -0.314. The maximum Gasteiger partial charge on any atom is 0.334 e. The quantitative estimate of drug-likeness (QED) is 0.493. The summed E-state index contributed by atoms with van der Waals surface area (Å²) in [6, 6.07) is 0. The maximum absolute atomic E-state index is 11.8. The van der Waals surface area contributed by atoms with Crippen molar-refractivity contribution in [3.8, 4) is 0 Å². The average molecular weight is 358 g/mol. The third-order valence-corrected chi connectivity index (χ3v) is 4.97. The summed E-state index contributed by atoms with van der Waals surface area (Å²) >= 11 is 0. The van der Waals surface area contributed by atoms with E-state index in [2.05, 4.69) is 4.84 Å². The summed E-state index contributed by atoms with van der Waals surface area (Å²) < 4.78 is 23.7. The lowest BCUT2D eigenvalue weighted by molar-refractivity contribution is -0.197. The van der Waals surface area contributed by atoms with Crippen LogP contribution in [0, 0.1) is 0 Å². The van der Waals surface area contributed by atoms with Gasteiger partial charge < -0.3 is 4.84 Å². The number of nitrogens with zero attached hydrogens (tertiary/aromatic N) is 2. The van der Waals surface area contributed by atoms with Gasteiger partial charge in [0, 0.05) is 31.5 Å². The van der Waals surface area contributed by atoms with Crippen LogP contribution < -0.4 is 0 Å². The molecule has 0 atom stereocenters. The Morgan fingerprint density at radius 3 is 2.08 bits per heavy atom. The average Bonchev–Trinajstić information content (AvgIpc) is 3.00. The van der Waals surface area contributed by atoms with E-state index in [0.29, 0.717) is 5.06 Å². The van der Waals surface area contributed by atoms with E-state index in [-0.39, 0.29) is 19.4 Å². The van der Waals surface area contributed by atoms with Gasteiger partial charge in [-0.05, 0) is 0 Å². The first-order chi connectivity index (χ1) is 11.2. The molecular formula is C13H14N2O8S. The molecule has 0 aromatic carbocycles. The predicted molar refractivity (Wildman–Crippen MR) is 76.3 cm³/mol. The van der Waals surface area contributed by atoms with Crippen molar-refractivity contribution in [2.24, 2.45) is 0 Å². The maximum atomic E-state index is 11.8. The molecule has 1 fully saturated rings. The van der Waals surface area contributed by atoms with Crippen molar-refractivity contribution >= 4 is 39.4 Å². The highest BCUT2D eigenvalue weighted by Crippen LogP contribution is 2.13. The van der Waals surface area contributed by atoms with Gasteiger partial charge in [-0.25, -0.2) is 13.2 Å². The summed E-state index contributed by atoms with van der Waals surface area (Å²) in [5.41, 5.74) is 0. The Hall–Kier alpha value is -2.56. The Balaban J connectivity index is 1.79. The van der Waals surface area contributed by atoms with E-state index >= 15 is 0 Å². The van der Waals surface area contributed by atoms with Crippen LogP contribution in [0.15, 0.2) is 12.2 Å². The number of hydrogen-bond acceptors (Lipinski definition) is 8. The molecule has 2 aliphatic heterocycles. The Kier molecular flexibility index (Phi) is 5.12. The number of carbonyl (C=O) groups excluding carboxylic acids is 5. The zero-order valence-electron chi connectivity index (χ0n) is 12.5. The molecule has 11 heteroatoms. The number of carbonyl (C=O) groups is 5. The van der Waals surface area contributed by atoms with Gasteiger partial charge >= 0.3 is 5.97 Å². The number of rotatable bonds is 7. The van der Waals surface area contributed by atoms with E-state index in [1.54, 1.807) is 0 Å². The van der Waals surface area contributed by atoms with E-state index in [1.807, 2.05) is 0 Å². The zero-order valence-corrected chi connectivity index (χ0v) is 13.3. The molecule has 2 rings (SSSR count). The molecule has 4 amide bonds. The Morgan fingerprint density at radius 1 is 1.00 bits per heavy atom. The fourth-order valence-electron chi connectivity index (χ4n) is 2.03. The molecule has 0 aromatic heterocycles. The van der Waals surface area contributed by atoms with Gasteiger partial charge in [-0.15, -0.1) is 5.06 Å². The van der Waals surface area contributed by atoms with Crippen molar-refractivity contribution in [1.29, 1.82) is 0 Å². The van der Waals surface area contributed by atoms with Crippen molar-refractivity contribution in [3.63, 3.8) is 0 Å². The summed E-state index contributed by atoms with van der Waals surface area (Å²) in [5, 5.41) is 0.336. The normalized spacial score (nSPS) is 18.0. The van der Waals surface area contributed by atoms with E-state index in [4.69, 9.17) is 0 Å². The Bertz CT molecular complexity index is 705. The monoisotopic (exact) mass is 358 g/mol. The molecule has 0 saturated carbocycles.